The third-order valence-electron chi connectivity index (χ3n) is 5.04. The Kier molecular flexibility index (Phi) is 4.29. The maximum atomic E-state index is 13.1. The molecular weight excluding hydrogens is 260 g/mol. The zero-order chi connectivity index (χ0) is 14.7. The molecule has 21 heavy (non-hydrogen) atoms. The van der Waals surface area contributed by atoms with Gasteiger partial charge in [0.05, 0.1) is 5.54 Å². The molecule has 0 aromatic heterocycles. The van der Waals surface area contributed by atoms with Gasteiger partial charge in [-0.3, -0.25) is 4.79 Å². The lowest BCUT2D eigenvalue weighted by atomic mass is 9.90. The van der Waals surface area contributed by atoms with Gasteiger partial charge in [-0.1, -0.05) is 37.6 Å². The first kappa shape index (κ1) is 14.6. The van der Waals surface area contributed by atoms with E-state index >= 15 is 0 Å². The second-order valence-corrected chi connectivity index (χ2v) is 6.42. The highest BCUT2D eigenvalue weighted by Gasteiger charge is 2.42. The Morgan fingerprint density at radius 3 is 2.43 bits per heavy atom. The van der Waals surface area contributed by atoms with Crippen LogP contribution in [0, 0.1) is 0 Å². The van der Waals surface area contributed by atoms with Crippen LogP contribution in [0.1, 0.15) is 43.7 Å². The molecule has 1 unspecified atom stereocenters. The second kappa shape index (κ2) is 6.18. The Labute approximate surface area is 127 Å². The number of hydrogen-bond acceptors (Lipinski definition) is 2. The minimum absolute atomic E-state index is 0.273. The van der Waals surface area contributed by atoms with E-state index in [0.29, 0.717) is 5.91 Å². The number of carbonyl (C=O) groups excluding carboxylic acids is 1. The first-order valence-electron chi connectivity index (χ1n) is 8.36. The summed E-state index contributed by atoms with van der Waals surface area (Å²) in [5.41, 5.74) is 2.55. The molecule has 1 aromatic carbocycles. The van der Waals surface area contributed by atoms with Crippen LogP contribution in [-0.4, -0.2) is 36.0 Å². The molecule has 3 rings (SSSR count). The molecule has 1 aromatic rings. The summed E-state index contributed by atoms with van der Waals surface area (Å²) in [6.45, 7) is 4.89. The molecule has 1 atom stereocenters. The first-order chi connectivity index (χ1) is 10.2. The van der Waals surface area contributed by atoms with E-state index < -0.39 is 0 Å². The van der Waals surface area contributed by atoms with E-state index in [0.717, 1.165) is 58.2 Å². The van der Waals surface area contributed by atoms with Crippen molar-refractivity contribution in [2.75, 3.05) is 19.6 Å². The number of nitrogens with one attached hydrogen (secondary N) is 1. The van der Waals surface area contributed by atoms with Gasteiger partial charge in [0.1, 0.15) is 0 Å². The average molecular weight is 286 g/mol. The van der Waals surface area contributed by atoms with Gasteiger partial charge in [0.15, 0.2) is 0 Å². The summed E-state index contributed by atoms with van der Waals surface area (Å²) >= 11 is 0. The van der Waals surface area contributed by atoms with Gasteiger partial charge in [0.25, 0.3) is 0 Å². The Hall–Kier alpha value is -1.35. The van der Waals surface area contributed by atoms with Crippen molar-refractivity contribution in [1.29, 1.82) is 0 Å². The molecule has 1 fully saturated rings. The lowest BCUT2D eigenvalue weighted by molar-refractivity contribution is -0.138. The van der Waals surface area contributed by atoms with E-state index in [1.54, 1.807) is 0 Å². The zero-order valence-electron chi connectivity index (χ0n) is 13.0. The average Bonchev–Trinajstić information content (AvgIpc) is 2.87. The van der Waals surface area contributed by atoms with E-state index in [-0.39, 0.29) is 5.54 Å². The van der Waals surface area contributed by atoms with Crippen LogP contribution in [0.25, 0.3) is 0 Å². The summed E-state index contributed by atoms with van der Waals surface area (Å²) in [6, 6.07) is 8.62. The first-order valence-corrected chi connectivity index (χ1v) is 8.36. The number of amides is 1. The summed E-state index contributed by atoms with van der Waals surface area (Å²) in [5, 5.41) is 3.52. The number of carbonyl (C=O) groups is 1. The van der Waals surface area contributed by atoms with E-state index in [1.165, 1.54) is 11.1 Å². The molecule has 0 aliphatic carbocycles. The number of fused-ring (bicyclic) bond motifs is 1. The van der Waals surface area contributed by atoms with Crippen molar-refractivity contribution in [3.63, 3.8) is 0 Å². The molecule has 0 bridgehead atoms. The maximum Gasteiger partial charge on any atom is 0.242 e. The monoisotopic (exact) mass is 286 g/mol. The van der Waals surface area contributed by atoms with E-state index in [9.17, 15) is 4.79 Å². The third-order valence-corrected chi connectivity index (χ3v) is 5.04. The van der Waals surface area contributed by atoms with Gasteiger partial charge in [-0.15, -0.1) is 0 Å². The minimum atomic E-state index is -0.273. The molecule has 1 saturated heterocycles. The standard InChI is InChI=1S/C18H26N2O/c1-2-10-18(11-5-12-19-18)17(21)20-13-8-15-6-3-4-7-16(15)9-14-20/h3-4,6-7,19H,2,5,8-14H2,1H3. The Morgan fingerprint density at radius 2 is 1.90 bits per heavy atom. The number of rotatable bonds is 3. The summed E-state index contributed by atoms with van der Waals surface area (Å²) in [6.07, 6.45) is 6.14. The third kappa shape index (κ3) is 2.84. The normalized spacial score (nSPS) is 25.5. The summed E-state index contributed by atoms with van der Waals surface area (Å²) in [4.78, 5) is 15.2. The smallest absolute Gasteiger partial charge is 0.242 e. The molecule has 114 valence electrons. The lowest BCUT2D eigenvalue weighted by Crippen LogP contribution is -2.55. The number of benzene rings is 1. The van der Waals surface area contributed by atoms with Gasteiger partial charge < -0.3 is 10.2 Å². The molecular formula is C18H26N2O. The van der Waals surface area contributed by atoms with E-state index in [1.807, 2.05) is 0 Å². The number of nitrogens with zero attached hydrogens (tertiary/aromatic N) is 1. The van der Waals surface area contributed by atoms with Crippen LogP contribution in [-0.2, 0) is 17.6 Å². The maximum absolute atomic E-state index is 13.1. The lowest BCUT2D eigenvalue weighted by Gasteiger charge is -2.34. The van der Waals surface area contributed by atoms with E-state index in [4.69, 9.17) is 0 Å². The van der Waals surface area contributed by atoms with Crippen LogP contribution in [0.15, 0.2) is 24.3 Å². The van der Waals surface area contributed by atoms with Crippen LogP contribution in [0.5, 0.6) is 0 Å². The van der Waals surface area contributed by atoms with Crippen LogP contribution in [0.2, 0.25) is 0 Å². The minimum Gasteiger partial charge on any atom is -0.340 e. The van der Waals surface area contributed by atoms with Crippen molar-refractivity contribution in [3.8, 4) is 0 Å². The fraction of sp³-hybridized carbons (Fsp3) is 0.611. The SMILES string of the molecule is CCCC1(C(=O)N2CCc3ccccc3CC2)CCCN1. The van der Waals surface area contributed by atoms with Crippen molar-refractivity contribution < 1.29 is 4.79 Å². The van der Waals surface area contributed by atoms with Crippen LogP contribution < -0.4 is 5.32 Å². The van der Waals surface area contributed by atoms with Gasteiger partial charge in [-0.05, 0) is 49.8 Å². The molecule has 0 radical (unpaired) electrons. The van der Waals surface area contributed by atoms with Gasteiger partial charge in [-0.25, -0.2) is 0 Å². The van der Waals surface area contributed by atoms with Gasteiger partial charge >= 0.3 is 0 Å². The summed E-state index contributed by atoms with van der Waals surface area (Å²) in [5.74, 6) is 0.342. The quantitative estimate of drug-likeness (QED) is 0.926. The highest BCUT2D eigenvalue weighted by atomic mass is 16.2. The molecule has 2 heterocycles. The molecule has 0 saturated carbocycles. The van der Waals surface area contributed by atoms with Gasteiger partial charge in [0.2, 0.25) is 5.91 Å². The molecule has 0 spiro atoms. The predicted octanol–water partition coefficient (Wildman–Crippen LogP) is 2.54. The molecule has 3 nitrogen and oxygen atoms in total. The van der Waals surface area contributed by atoms with Crippen molar-refractivity contribution >= 4 is 5.91 Å². The van der Waals surface area contributed by atoms with Crippen molar-refractivity contribution in [2.24, 2.45) is 0 Å². The number of hydrogen-bond donors (Lipinski definition) is 1. The Morgan fingerprint density at radius 1 is 1.24 bits per heavy atom. The Bertz CT molecular complexity index is 479. The molecule has 1 amide bonds. The summed E-state index contributed by atoms with van der Waals surface area (Å²) < 4.78 is 0. The fourth-order valence-electron chi connectivity index (χ4n) is 3.91. The summed E-state index contributed by atoms with van der Waals surface area (Å²) in [7, 11) is 0. The zero-order valence-corrected chi connectivity index (χ0v) is 13.0. The molecule has 2 aliphatic heterocycles. The highest BCUT2D eigenvalue weighted by molar-refractivity contribution is 5.87. The van der Waals surface area contributed by atoms with E-state index in [2.05, 4.69) is 41.4 Å². The van der Waals surface area contributed by atoms with Crippen molar-refractivity contribution in [1.82, 2.24) is 10.2 Å². The highest BCUT2D eigenvalue weighted by Crippen LogP contribution is 2.28. The fourth-order valence-corrected chi connectivity index (χ4v) is 3.91. The second-order valence-electron chi connectivity index (χ2n) is 6.42. The van der Waals surface area contributed by atoms with Gasteiger partial charge in [-0.2, -0.15) is 0 Å². The Balaban J connectivity index is 1.74. The topological polar surface area (TPSA) is 32.3 Å². The molecule has 3 heteroatoms. The van der Waals surface area contributed by atoms with Gasteiger partial charge in [0, 0.05) is 13.1 Å². The van der Waals surface area contributed by atoms with Crippen LogP contribution in [0.3, 0.4) is 0 Å². The molecule has 1 N–H and O–H groups in total. The van der Waals surface area contributed by atoms with Crippen molar-refractivity contribution in [3.05, 3.63) is 35.4 Å². The van der Waals surface area contributed by atoms with Crippen molar-refractivity contribution in [2.45, 2.75) is 51.0 Å². The predicted molar refractivity (Wildman–Crippen MR) is 85.3 cm³/mol. The largest absolute Gasteiger partial charge is 0.340 e. The molecule has 2 aliphatic rings. The van der Waals surface area contributed by atoms with Crippen LogP contribution in [0.4, 0.5) is 0 Å². The van der Waals surface area contributed by atoms with Crippen LogP contribution >= 0.6 is 0 Å².